The van der Waals surface area contributed by atoms with Crippen molar-refractivity contribution in [2.75, 3.05) is 5.48 Å². The van der Waals surface area contributed by atoms with Gasteiger partial charge < -0.3 is 5.11 Å². The van der Waals surface area contributed by atoms with Crippen molar-refractivity contribution in [2.45, 2.75) is 13.5 Å². The fourth-order valence-electron chi connectivity index (χ4n) is 3.25. The lowest BCUT2D eigenvalue weighted by atomic mass is 10.1. The maximum atomic E-state index is 10.5. The van der Waals surface area contributed by atoms with Crippen LogP contribution < -0.4 is 5.48 Å². The van der Waals surface area contributed by atoms with E-state index in [9.17, 15) is 5.11 Å². The molecule has 0 spiro atoms. The monoisotopic (exact) mass is 461 g/mol. The Morgan fingerprint density at radius 3 is 2.09 bits per heavy atom. The van der Waals surface area contributed by atoms with Gasteiger partial charge in [-0.3, -0.25) is 10.3 Å². The van der Waals surface area contributed by atoms with Gasteiger partial charge in [0, 0.05) is 5.56 Å². The standard InChI is InChI=1S/C30H27N3O2/c1-23-14-16-24(17-15-23)8-5-6-9-25-18-20-27(21-19-25)31-32-29-13-7-10-26(30(29)34)22-35-33-28-11-3-2-4-12-28/h2-21,33-34H,22H2,1H3/b8-5+,9-6+,32-31?. The van der Waals surface area contributed by atoms with Crippen LogP contribution in [0.4, 0.5) is 17.1 Å². The quantitative estimate of drug-likeness (QED) is 0.149. The zero-order chi connectivity index (χ0) is 24.3. The number of allylic oxidation sites excluding steroid dienone is 2. The number of nitrogens with one attached hydrogen (secondary N) is 1. The first-order valence-electron chi connectivity index (χ1n) is 11.3. The number of anilines is 1. The van der Waals surface area contributed by atoms with Crippen LogP contribution in [0.25, 0.3) is 12.2 Å². The van der Waals surface area contributed by atoms with Gasteiger partial charge in [-0.05, 0) is 48.4 Å². The van der Waals surface area contributed by atoms with Crippen molar-refractivity contribution in [3.05, 3.63) is 131 Å². The van der Waals surface area contributed by atoms with Crippen LogP contribution in [0, 0.1) is 6.92 Å². The summed E-state index contributed by atoms with van der Waals surface area (Å²) in [6, 6.07) is 31.0. The minimum atomic E-state index is 0.0472. The summed E-state index contributed by atoms with van der Waals surface area (Å²) in [5.74, 6) is 0.0472. The Balaban J connectivity index is 1.32. The number of hydrogen-bond acceptors (Lipinski definition) is 5. The van der Waals surface area contributed by atoms with Gasteiger partial charge in [0.15, 0.2) is 0 Å². The maximum Gasteiger partial charge on any atom is 0.148 e. The van der Waals surface area contributed by atoms with Gasteiger partial charge in [0.2, 0.25) is 0 Å². The number of aromatic hydroxyl groups is 1. The van der Waals surface area contributed by atoms with Crippen LogP contribution in [-0.2, 0) is 11.4 Å². The molecule has 0 fully saturated rings. The molecule has 4 aromatic carbocycles. The number of rotatable bonds is 9. The molecule has 0 heterocycles. The molecule has 0 amide bonds. The lowest BCUT2D eigenvalue weighted by Crippen LogP contribution is -2.01. The molecule has 0 saturated carbocycles. The van der Waals surface area contributed by atoms with E-state index in [1.807, 2.05) is 78.9 Å². The zero-order valence-corrected chi connectivity index (χ0v) is 19.5. The Hall–Kier alpha value is -4.48. The van der Waals surface area contributed by atoms with E-state index < -0.39 is 0 Å². The summed E-state index contributed by atoms with van der Waals surface area (Å²) in [5, 5.41) is 19.0. The van der Waals surface area contributed by atoms with Crippen LogP contribution in [0.1, 0.15) is 22.3 Å². The molecule has 0 atom stereocenters. The first kappa shape index (κ1) is 23.7. The fraction of sp³-hybridized carbons (Fsp3) is 0.0667. The highest BCUT2D eigenvalue weighted by atomic mass is 16.6. The number of benzene rings is 4. The largest absolute Gasteiger partial charge is 0.505 e. The second-order valence-corrected chi connectivity index (χ2v) is 7.96. The first-order chi connectivity index (χ1) is 17.2. The molecular weight excluding hydrogens is 434 g/mol. The predicted molar refractivity (Wildman–Crippen MR) is 143 cm³/mol. The molecule has 0 unspecified atom stereocenters. The van der Waals surface area contributed by atoms with E-state index in [1.54, 1.807) is 12.1 Å². The molecule has 0 bridgehead atoms. The summed E-state index contributed by atoms with van der Waals surface area (Å²) in [6.07, 6.45) is 8.13. The number of hydrogen-bond donors (Lipinski definition) is 2. The van der Waals surface area contributed by atoms with Gasteiger partial charge in [0.1, 0.15) is 18.0 Å². The topological polar surface area (TPSA) is 66.2 Å². The average molecular weight is 462 g/mol. The van der Waals surface area contributed by atoms with Crippen LogP contribution in [0.15, 0.2) is 119 Å². The van der Waals surface area contributed by atoms with E-state index in [0.29, 0.717) is 16.9 Å². The molecule has 35 heavy (non-hydrogen) atoms. The lowest BCUT2D eigenvalue weighted by molar-refractivity contribution is 0.177. The van der Waals surface area contributed by atoms with Gasteiger partial charge >= 0.3 is 0 Å². The summed E-state index contributed by atoms with van der Waals surface area (Å²) in [6.45, 7) is 2.26. The Morgan fingerprint density at radius 2 is 1.40 bits per heavy atom. The van der Waals surface area contributed by atoms with Crippen LogP contribution in [0.2, 0.25) is 0 Å². The number of nitrogens with zero attached hydrogens (tertiary/aromatic N) is 2. The lowest BCUT2D eigenvalue weighted by Gasteiger charge is -2.09. The number of aryl methyl sites for hydroxylation is 1. The summed E-state index contributed by atoms with van der Waals surface area (Å²) < 4.78 is 0. The van der Waals surface area contributed by atoms with Gasteiger partial charge in [0.25, 0.3) is 0 Å². The molecule has 0 saturated heterocycles. The number of azo groups is 1. The third kappa shape index (κ3) is 7.25. The molecule has 0 radical (unpaired) electrons. The predicted octanol–water partition coefficient (Wildman–Crippen LogP) is 8.39. The molecule has 4 rings (SSSR count). The Kier molecular flexibility index (Phi) is 8.19. The van der Waals surface area contributed by atoms with Crippen LogP contribution >= 0.6 is 0 Å². The molecule has 174 valence electrons. The molecule has 5 nitrogen and oxygen atoms in total. The van der Waals surface area contributed by atoms with Gasteiger partial charge in [-0.15, -0.1) is 5.11 Å². The van der Waals surface area contributed by atoms with Crippen LogP contribution in [0.5, 0.6) is 5.75 Å². The van der Waals surface area contributed by atoms with E-state index >= 15 is 0 Å². The minimum Gasteiger partial charge on any atom is -0.505 e. The normalized spacial score (nSPS) is 11.6. The number of phenolic OH excluding ortho intramolecular Hbond substituents is 1. The Labute approximate surface area is 205 Å². The second kappa shape index (κ2) is 12.1. The van der Waals surface area contributed by atoms with Crippen molar-refractivity contribution < 1.29 is 9.94 Å². The molecule has 4 aromatic rings. The third-order valence-corrected chi connectivity index (χ3v) is 5.22. The van der Waals surface area contributed by atoms with Gasteiger partial charge in [-0.1, -0.05) is 96.6 Å². The smallest absolute Gasteiger partial charge is 0.148 e. The fourth-order valence-corrected chi connectivity index (χ4v) is 3.25. The molecule has 0 aromatic heterocycles. The van der Waals surface area contributed by atoms with E-state index in [1.165, 1.54) is 11.1 Å². The van der Waals surface area contributed by atoms with Crippen molar-refractivity contribution in [1.82, 2.24) is 0 Å². The summed E-state index contributed by atoms with van der Waals surface area (Å²) in [5.41, 5.74) is 8.87. The number of phenols is 1. The summed E-state index contributed by atoms with van der Waals surface area (Å²) >= 11 is 0. The average Bonchev–Trinajstić information content (AvgIpc) is 2.89. The second-order valence-electron chi connectivity index (χ2n) is 7.96. The summed E-state index contributed by atoms with van der Waals surface area (Å²) in [4.78, 5) is 5.49. The molecule has 2 N–H and O–H groups in total. The van der Waals surface area contributed by atoms with Crippen molar-refractivity contribution in [2.24, 2.45) is 10.2 Å². The van der Waals surface area contributed by atoms with Crippen LogP contribution in [-0.4, -0.2) is 5.11 Å². The number of para-hydroxylation sites is 2. The van der Waals surface area contributed by atoms with Crippen molar-refractivity contribution >= 4 is 29.2 Å². The van der Waals surface area contributed by atoms with Crippen molar-refractivity contribution in [3.63, 3.8) is 0 Å². The minimum absolute atomic E-state index is 0.0472. The van der Waals surface area contributed by atoms with Crippen molar-refractivity contribution in [1.29, 1.82) is 0 Å². The van der Waals surface area contributed by atoms with Gasteiger partial charge in [0.05, 0.1) is 11.4 Å². The van der Waals surface area contributed by atoms with Gasteiger partial charge in [-0.25, -0.2) is 0 Å². The highest BCUT2D eigenvalue weighted by Crippen LogP contribution is 2.32. The van der Waals surface area contributed by atoms with Gasteiger partial charge in [-0.2, -0.15) is 5.11 Å². The SMILES string of the molecule is Cc1ccc(/C=C/C=C/c2ccc(N=Nc3cccc(CONc4ccccc4)c3O)cc2)cc1. The molecular formula is C30H27N3O2. The van der Waals surface area contributed by atoms with E-state index in [2.05, 4.69) is 53.0 Å². The molecule has 0 aliphatic carbocycles. The van der Waals surface area contributed by atoms with E-state index in [-0.39, 0.29) is 12.4 Å². The van der Waals surface area contributed by atoms with E-state index in [4.69, 9.17) is 4.84 Å². The molecule has 5 heteroatoms. The summed E-state index contributed by atoms with van der Waals surface area (Å²) in [7, 11) is 0. The highest BCUT2D eigenvalue weighted by Gasteiger charge is 2.07. The maximum absolute atomic E-state index is 10.5. The Bertz CT molecular complexity index is 1310. The zero-order valence-electron chi connectivity index (χ0n) is 19.5. The van der Waals surface area contributed by atoms with E-state index in [0.717, 1.165) is 11.3 Å². The highest BCUT2D eigenvalue weighted by molar-refractivity contribution is 5.59. The first-order valence-corrected chi connectivity index (χ1v) is 11.3. The molecule has 0 aliphatic rings. The third-order valence-electron chi connectivity index (χ3n) is 5.22. The van der Waals surface area contributed by atoms with Crippen LogP contribution in [0.3, 0.4) is 0 Å². The van der Waals surface area contributed by atoms with Crippen molar-refractivity contribution in [3.8, 4) is 5.75 Å². The Morgan fingerprint density at radius 1 is 0.743 bits per heavy atom. The molecule has 0 aliphatic heterocycles.